The first-order valence-electron chi connectivity index (χ1n) is 6.50. The van der Waals surface area contributed by atoms with E-state index in [1.165, 1.54) is 20.2 Å². The average molecular weight is 377 g/mol. The number of hydrogen-bond donors (Lipinski definition) is 0. The minimum atomic E-state index is 0.844. The van der Waals surface area contributed by atoms with Crippen LogP contribution in [0.4, 0.5) is 0 Å². The molecule has 0 radical (unpaired) electrons. The summed E-state index contributed by atoms with van der Waals surface area (Å²) < 4.78 is 11.1. The summed E-state index contributed by atoms with van der Waals surface area (Å²) in [5.41, 5.74) is 2.28. The minimum Gasteiger partial charge on any atom is -0.197 e. The molecule has 0 aliphatic rings. The summed E-state index contributed by atoms with van der Waals surface area (Å²) in [6.07, 6.45) is 0. The van der Waals surface area contributed by atoms with Gasteiger partial charge in [0.1, 0.15) is 0 Å². The molecule has 106 valence electrons. The molecule has 2 aromatic carbocycles. The van der Waals surface area contributed by atoms with Crippen molar-refractivity contribution < 1.29 is 0 Å². The van der Waals surface area contributed by atoms with E-state index in [4.69, 9.17) is 0 Å². The topological polar surface area (TPSA) is 25.8 Å². The number of aromatic nitrogens is 2. The molecule has 0 saturated carbocycles. The second-order valence-electron chi connectivity index (χ2n) is 4.52. The predicted octanol–water partition coefficient (Wildman–Crippen LogP) is 5.80. The molecule has 0 bridgehead atoms. The Labute approximate surface area is 139 Å². The van der Waals surface area contributed by atoms with Crippen molar-refractivity contribution in [1.82, 2.24) is 8.75 Å². The third-order valence-electron chi connectivity index (χ3n) is 3.14. The van der Waals surface area contributed by atoms with Crippen LogP contribution in [0.1, 0.15) is 11.4 Å². The van der Waals surface area contributed by atoms with Crippen LogP contribution in [0.15, 0.2) is 48.5 Å². The van der Waals surface area contributed by atoms with E-state index in [1.54, 1.807) is 23.1 Å². The van der Waals surface area contributed by atoms with Crippen molar-refractivity contribution in [2.75, 3.05) is 0 Å². The highest BCUT2D eigenvalue weighted by atomic mass is 79.9. The van der Waals surface area contributed by atoms with E-state index in [0.29, 0.717) is 0 Å². The van der Waals surface area contributed by atoms with Crippen molar-refractivity contribution in [3.8, 4) is 0 Å². The van der Waals surface area contributed by atoms with Crippen LogP contribution >= 0.6 is 39.0 Å². The monoisotopic (exact) mass is 376 g/mol. The van der Waals surface area contributed by atoms with Crippen LogP contribution in [0, 0.1) is 6.92 Å². The Hall–Kier alpha value is -1.30. The van der Waals surface area contributed by atoms with Crippen LogP contribution in [0.2, 0.25) is 0 Å². The quantitative estimate of drug-likeness (QED) is 0.392. The Kier molecular flexibility index (Phi) is 4.63. The number of fused-ring (bicyclic) bond motifs is 2. The van der Waals surface area contributed by atoms with Crippen LogP contribution in [0.3, 0.4) is 0 Å². The summed E-state index contributed by atoms with van der Waals surface area (Å²) in [6, 6.07) is 16.6. The van der Waals surface area contributed by atoms with Crippen LogP contribution in [0.5, 0.6) is 0 Å². The van der Waals surface area contributed by atoms with E-state index >= 15 is 0 Å². The molecule has 0 saturated heterocycles. The van der Waals surface area contributed by atoms with Gasteiger partial charge >= 0.3 is 0 Å². The Balaban J connectivity index is 0.000000126. The van der Waals surface area contributed by atoms with Crippen LogP contribution in [-0.4, -0.2) is 8.75 Å². The highest BCUT2D eigenvalue weighted by molar-refractivity contribution is 9.08. The van der Waals surface area contributed by atoms with Crippen molar-refractivity contribution in [1.29, 1.82) is 0 Å². The number of aryl methyl sites for hydroxylation is 1. The molecule has 4 rings (SSSR count). The largest absolute Gasteiger partial charge is 0.197 e. The first kappa shape index (κ1) is 14.6. The van der Waals surface area contributed by atoms with Crippen LogP contribution < -0.4 is 0 Å². The van der Waals surface area contributed by atoms with Gasteiger partial charge in [0.2, 0.25) is 0 Å². The van der Waals surface area contributed by atoms with Crippen molar-refractivity contribution >= 4 is 59.2 Å². The van der Waals surface area contributed by atoms with E-state index < -0.39 is 0 Å². The van der Waals surface area contributed by atoms with E-state index in [1.807, 2.05) is 31.2 Å². The zero-order valence-corrected chi connectivity index (χ0v) is 14.6. The number of alkyl halides is 1. The summed E-state index contributed by atoms with van der Waals surface area (Å²) in [5, 5.41) is 3.40. The van der Waals surface area contributed by atoms with Crippen molar-refractivity contribution in [3.05, 3.63) is 59.9 Å². The number of rotatable bonds is 1. The van der Waals surface area contributed by atoms with Gasteiger partial charge < -0.3 is 0 Å². The van der Waals surface area contributed by atoms with Gasteiger partial charge in [-0.2, -0.15) is 8.75 Å². The second kappa shape index (κ2) is 6.64. The summed E-state index contributed by atoms with van der Waals surface area (Å²) >= 11 is 6.52. The molecule has 2 heterocycles. The van der Waals surface area contributed by atoms with Crippen LogP contribution in [0.25, 0.3) is 20.2 Å². The van der Waals surface area contributed by atoms with Crippen molar-refractivity contribution in [2.45, 2.75) is 12.3 Å². The molecule has 2 nitrogen and oxygen atoms in total. The smallest absolute Gasteiger partial charge is 0.0726 e. The van der Waals surface area contributed by atoms with Gasteiger partial charge in [-0.25, -0.2) is 0 Å². The third kappa shape index (κ3) is 3.15. The van der Waals surface area contributed by atoms with Gasteiger partial charge in [0.05, 0.1) is 20.8 Å². The van der Waals surface area contributed by atoms with E-state index in [2.05, 4.69) is 48.9 Å². The highest BCUT2D eigenvalue weighted by Crippen LogP contribution is 2.23. The molecule has 0 spiro atoms. The SMILES string of the molecule is BrCc1nsc2ccccc12.Cc1nsc2ccccc12. The maximum atomic E-state index is 4.31. The zero-order valence-electron chi connectivity index (χ0n) is 11.4. The minimum absolute atomic E-state index is 0.844. The Bertz CT molecular complexity index is 867. The molecule has 0 N–H and O–H groups in total. The van der Waals surface area contributed by atoms with Gasteiger partial charge in [0.15, 0.2) is 0 Å². The molecular weight excluding hydrogens is 364 g/mol. The van der Waals surface area contributed by atoms with Crippen molar-refractivity contribution in [3.63, 3.8) is 0 Å². The van der Waals surface area contributed by atoms with E-state index in [0.717, 1.165) is 16.7 Å². The summed E-state index contributed by atoms with van der Waals surface area (Å²) in [5.74, 6) is 0. The van der Waals surface area contributed by atoms with Gasteiger partial charge in [0.25, 0.3) is 0 Å². The lowest BCUT2D eigenvalue weighted by Gasteiger charge is -1.87. The van der Waals surface area contributed by atoms with Gasteiger partial charge in [-0.05, 0) is 42.1 Å². The molecule has 0 fully saturated rings. The molecule has 0 aliphatic carbocycles. The summed E-state index contributed by atoms with van der Waals surface area (Å²) in [7, 11) is 0. The first-order valence-corrected chi connectivity index (χ1v) is 9.16. The van der Waals surface area contributed by atoms with Gasteiger partial charge in [-0.15, -0.1) is 0 Å². The van der Waals surface area contributed by atoms with Crippen LogP contribution in [-0.2, 0) is 5.33 Å². The number of nitrogens with zero attached hydrogens (tertiary/aromatic N) is 2. The van der Waals surface area contributed by atoms with E-state index in [-0.39, 0.29) is 0 Å². The molecule has 0 amide bonds. The fraction of sp³-hybridized carbons (Fsp3) is 0.125. The lowest BCUT2D eigenvalue weighted by molar-refractivity contribution is 1.35. The predicted molar refractivity (Wildman–Crippen MR) is 96.6 cm³/mol. The van der Waals surface area contributed by atoms with Gasteiger partial charge in [-0.1, -0.05) is 52.3 Å². The normalized spacial score (nSPS) is 10.6. The molecular formula is C16H13BrN2S2. The number of benzene rings is 2. The molecule has 4 aromatic rings. The molecule has 21 heavy (non-hydrogen) atoms. The fourth-order valence-electron chi connectivity index (χ4n) is 2.05. The Morgan fingerprint density at radius 3 is 2.10 bits per heavy atom. The maximum absolute atomic E-state index is 4.31. The lowest BCUT2D eigenvalue weighted by Crippen LogP contribution is -1.74. The average Bonchev–Trinajstić information content (AvgIpc) is 3.12. The third-order valence-corrected chi connectivity index (χ3v) is 5.45. The highest BCUT2D eigenvalue weighted by Gasteiger charge is 2.01. The number of halogens is 1. The maximum Gasteiger partial charge on any atom is 0.0726 e. The molecule has 5 heteroatoms. The molecule has 0 unspecified atom stereocenters. The lowest BCUT2D eigenvalue weighted by atomic mass is 10.2. The standard InChI is InChI=1S/C8H6BrNS.C8H7NS/c9-5-7-6-3-1-2-4-8(6)11-10-7;1-6-7-4-2-3-5-8(7)10-9-6/h1-4H,5H2;2-5H,1H3. The zero-order chi connectivity index (χ0) is 14.7. The van der Waals surface area contributed by atoms with Gasteiger partial charge in [-0.3, -0.25) is 0 Å². The second-order valence-corrected chi connectivity index (χ2v) is 6.69. The Morgan fingerprint density at radius 2 is 1.43 bits per heavy atom. The Morgan fingerprint density at radius 1 is 0.857 bits per heavy atom. The van der Waals surface area contributed by atoms with E-state index in [9.17, 15) is 0 Å². The fourth-order valence-corrected chi connectivity index (χ4v) is 4.22. The molecule has 0 aliphatic heterocycles. The summed E-state index contributed by atoms with van der Waals surface area (Å²) in [4.78, 5) is 0. The van der Waals surface area contributed by atoms with Gasteiger partial charge in [0, 0.05) is 16.1 Å². The number of hydrogen-bond acceptors (Lipinski definition) is 4. The molecule has 2 aromatic heterocycles. The summed E-state index contributed by atoms with van der Waals surface area (Å²) in [6.45, 7) is 2.04. The molecule has 0 atom stereocenters. The first-order chi connectivity index (χ1) is 10.3. The van der Waals surface area contributed by atoms with Crippen molar-refractivity contribution in [2.24, 2.45) is 0 Å².